The summed E-state index contributed by atoms with van der Waals surface area (Å²) in [5.41, 5.74) is 1.40. The molecule has 2 rings (SSSR count). The summed E-state index contributed by atoms with van der Waals surface area (Å²) in [5.74, 6) is -3.12. The molecule has 2 aromatic rings. The smallest absolute Gasteiger partial charge is 0.414 e. The summed E-state index contributed by atoms with van der Waals surface area (Å²) in [6.45, 7) is 6.47. The SMILES string of the molecule is Cc1ccc(S(=O)(=O)Nc2ccc(OCC(O)CNC(C)C)c(Br)c2)cc1.O=C(O)C(=O)O. The fourth-order valence-electron chi connectivity index (χ4n) is 2.23. The Labute approximate surface area is 200 Å². The van der Waals surface area contributed by atoms with Gasteiger partial charge in [0.05, 0.1) is 15.1 Å². The Morgan fingerprint density at radius 2 is 1.64 bits per heavy atom. The minimum atomic E-state index is -3.66. The van der Waals surface area contributed by atoms with Crippen LogP contribution in [-0.4, -0.2) is 61.0 Å². The van der Waals surface area contributed by atoms with Gasteiger partial charge in [0, 0.05) is 12.6 Å². The lowest BCUT2D eigenvalue weighted by atomic mass is 10.2. The molecule has 0 fully saturated rings. The first kappa shape index (κ1) is 28.4. The van der Waals surface area contributed by atoms with Crippen LogP contribution in [0.4, 0.5) is 5.69 Å². The molecule has 0 heterocycles. The Hall–Kier alpha value is -2.67. The van der Waals surface area contributed by atoms with Crippen molar-refractivity contribution in [3.05, 3.63) is 52.5 Å². The molecule has 10 nitrogen and oxygen atoms in total. The van der Waals surface area contributed by atoms with Crippen LogP contribution in [-0.2, 0) is 19.6 Å². The van der Waals surface area contributed by atoms with Crippen LogP contribution >= 0.6 is 15.9 Å². The maximum Gasteiger partial charge on any atom is 0.414 e. The maximum absolute atomic E-state index is 12.5. The van der Waals surface area contributed by atoms with E-state index in [4.69, 9.17) is 24.5 Å². The highest BCUT2D eigenvalue weighted by Gasteiger charge is 2.15. The summed E-state index contributed by atoms with van der Waals surface area (Å²) in [5, 5.41) is 27.8. The third kappa shape index (κ3) is 10.7. The summed E-state index contributed by atoms with van der Waals surface area (Å²) in [7, 11) is -3.66. The number of carboxylic acids is 2. The van der Waals surface area contributed by atoms with Gasteiger partial charge in [0.25, 0.3) is 10.0 Å². The molecule has 2 aromatic carbocycles. The van der Waals surface area contributed by atoms with Gasteiger partial charge in [0.2, 0.25) is 0 Å². The molecule has 1 atom stereocenters. The lowest BCUT2D eigenvalue weighted by Gasteiger charge is -2.16. The van der Waals surface area contributed by atoms with Gasteiger partial charge in [-0.2, -0.15) is 0 Å². The van der Waals surface area contributed by atoms with E-state index in [1.54, 1.807) is 42.5 Å². The molecule has 0 saturated heterocycles. The summed E-state index contributed by atoms with van der Waals surface area (Å²) in [4.78, 5) is 18.4. The van der Waals surface area contributed by atoms with E-state index in [1.165, 1.54) is 0 Å². The standard InChI is InChI=1S/C19H25BrN2O4S.C2H2O4/c1-13(2)21-11-16(23)12-26-19-9-6-15(10-18(19)20)22-27(24,25)17-7-4-14(3)5-8-17;3-1(4)2(5)6/h4-10,13,16,21-23H,11-12H2,1-3H3;(H,3,4)(H,5,6). The number of ether oxygens (including phenoxy) is 1. The monoisotopic (exact) mass is 546 g/mol. The number of hydrogen-bond donors (Lipinski definition) is 5. The number of benzene rings is 2. The number of aliphatic hydroxyl groups excluding tert-OH is 1. The van der Waals surface area contributed by atoms with E-state index in [9.17, 15) is 13.5 Å². The van der Waals surface area contributed by atoms with Gasteiger partial charge in [0.1, 0.15) is 18.5 Å². The number of aryl methyl sites for hydroxylation is 1. The molecular weight excluding hydrogens is 520 g/mol. The number of anilines is 1. The van der Waals surface area contributed by atoms with Crippen molar-refractivity contribution in [2.24, 2.45) is 0 Å². The van der Waals surface area contributed by atoms with Crippen molar-refractivity contribution in [2.75, 3.05) is 17.9 Å². The lowest BCUT2D eigenvalue weighted by Crippen LogP contribution is -2.35. The highest BCUT2D eigenvalue weighted by atomic mass is 79.9. The van der Waals surface area contributed by atoms with Gasteiger partial charge in [0.15, 0.2) is 0 Å². The van der Waals surface area contributed by atoms with E-state index >= 15 is 0 Å². The predicted molar refractivity (Wildman–Crippen MR) is 126 cm³/mol. The van der Waals surface area contributed by atoms with Crippen LogP contribution < -0.4 is 14.8 Å². The van der Waals surface area contributed by atoms with E-state index in [1.807, 2.05) is 20.8 Å². The topological polar surface area (TPSA) is 162 Å². The van der Waals surface area contributed by atoms with E-state index < -0.39 is 28.1 Å². The van der Waals surface area contributed by atoms with Gasteiger partial charge in [-0.3, -0.25) is 4.72 Å². The van der Waals surface area contributed by atoms with Crippen LogP contribution in [0.1, 0.15) is 19.4 Å². The molecule has 0 bridgehead atoms. The van der Waals surface area contributed by atoms with E-state index in [0.717, 1.165) is 5.56 Å². The molecule has 0 amide bonds. The van der Waals surface area contributed by atoms with Crippen molar-refractivity contribution >= 4 is 43.6 Å². The van der Waals surface area contributed by atoms with Crippen LogP contribution in [0.3, 0.4) is 0 Å². The number of hydrogen-bond acceptors (Lipinski definition) is 7. The molecule has 182 valence electrons. The molecule has 0 aromatic heterocycles. The zero-order chi connectivity index (χ0) is 25.2. The minimum Gasteiger partial charge on any atom is -0.490 e. The molecule has 33 heavy (non-hydrogen) atoms. The number of nitrogens with one attached hydrogen (secondary N) is 2. The van der Waals surface area contributed by atoms with E-state index in [-0.39, 0.29) is 17.5 Å². The fourth-order valence-corrected chi connectivity index (χ4v) is 3.77. The second-order valence-corrected chi connectivity index (χ2v) is 9.74. The van der Waals surface area contributed by atoms with Gasteiger partial charge >= 0.3 is 11.9 Å². The molecular formula is C21H27BrN2O8S. The zero-order valence-corrected chi connectivity index (χ0v) is 20.7. The van der Waals surface area contributed by atoms with Gasteiger partial charge in [-0.15, -0.1) is 0 Å². The van der Waals surface area contributed by atoms with Gasteiger partial charge in [-0.05, 0) is 53.2 Å². The number of carbonyl (C=O) groups is 2. The summed E-state index contributed by atoms with van der Waals surface area (Å²) >= 11 is 3.38. The molecule has 0 spiro atoms. The maximum atomic E-state index is 12.5. The molecule has 0 radical (unpaired) electrons. The van der Waals surface area contributed by atoms with Crippen LogP contribution in [0.25, 0.3) is 0 Å². The second kappa shape index (κ2) is 13.1. The highest BCUT2D eigenvalue weighted by molar-refractivity contribution is 9.10. The molecule has 12 heteroatoms. The predicted octanol–water partition coefficient (Wildman–Crippen LogP) is 2.45. The number of rotatable bonds is 9. The molecule has 0 aliphatic heterocycles. The Balaban J connectivity index is 0.000000801. The Kier molecular flexibility index (Phi) is 11.3. The molecule has 0 aliphatic carbocycles. The molecule has 1 unspecified atom stereocenters. The lowest BCUT2D eigenvalue weighted by molar-refractivity contribution is -0.159. The third-order valence-corrected chi connectivity index (χ3v) is 5.91. The quantitative estimate of drug-likeness (QED) is 0.297. The first-order chi connectivity index (χ1) is 15.3. The van der Waals surface area contributed by atoms with Crippen LogP contribution in [0.2, 0.25) is 0 Å². The van der Waals surface area contributed by atoms with Crippen molar-refractivity contribution in [2.45, 2.75) is 37.8 Å². The van der Waals surface area contributed by atoms with Crippen molar-refractivity contribution in [1.29, 1.82) is 0 Å². The summed E-state index contributed by atoms with van der Waals surface area (Å²) in [6.07, 6.45) is -0.640. The van der Waals surface area contributed by atoms with Crippen molar-refractivity contribution in [3.63, 3.8) is 0 Å². The second-order valence-electron chi connectivity index (χ2n) is 7.20. The van der Waals surface area contributed by atoms with E-state index in [2.05, 4.69) is 26.0 Å². The minimum absolute atomic E-state index is 0.132. The molecule has 0 aliphatic rings. The van der Waals surface area contributed by atoms with Crippen LogP contribution in [0.5, 0.6) is 5.75 Å². The average Bonchev–Trinajstić information content (AvgIpc) is 2.72. The Morgan fingerprint density at radius 1 is 1.06 bits per heavy atom. The Bertz CT molecular complexity index is 1030. The highest BCUT2D eigenvalue weighted by Crippen LogP contribution is 2.29. The third-order valence-electron chi connectivity index (χ3n) is 3.89. The van der Waals surface area contributed by atoms with Crippen LogP contribution in [0, 0.1) is 6.92 Å². The number of sulfonamides is 1. The number of aliphatic hydroxyl groups is 1. The number of aliphatic carboxylic acids is 2. The van der Waals surface area contributed by atoms with Gasteiger partial charge < -0.3 is 25.4 Å². The summed E-state index contributed by atoms with van der Waals surface area (Å²) < 4.78 is 33.6. The Morgan fingerprint density at radius 3 is 2.12 bits per heavy atom. The zero-order valence-electron chi connectivity index (χ0n) is 18.3. The summed E-state index contributed by atoms with van der Waals surface area (Å²) in [6, 6.07) is 11.8. The number of carboxylic acid groups (broad SMARTS) is 2. The van der Waals surface area contributed by atoms with Gasteiger partial charge in [-0.1, -0.05) is 31.5 Å². The molecule has 0 saturated carbocycles. The van der Waals surface area contributed by atoms with Crippen molar-refractivity contribution in [1.82, 2.24) is 5.32 Å². The first-order valence-electron chi connectivity index (χ1n) is 9.71. The first-order valence-corrected chi connectivity index (χ1v) is 12.0. The van der Waals surface area contributed by atoms with E-state index in [0.29, 0.717) is 22.5 Å². The average molecular weight is 547 g/mol. The fraction of sp³-hybridized carbons (Fsp3) is 0.333. The molecule has 5 N–H and O–H groups in total. The number of halogens is 1. The van der Waals surface area contributed by atoms with Crippen LogP contribution in [0.15, 0.2) is 51.8 Å². The van der Waals surface area contributed by atoms with Gasteiger partial charge in [-0.25, -0.2) is 18.0 Å². The van der Waals surface area contributed by atoms with Crippen molar-refractivity contribution < 1.29 is 38.1 Å². The van der Waals surface area contributed by atoms with Crippen molar-refractivity contribution in [3.8, 4) is 5.75 Å². The largest absolute Gasteiger partial charge is 0.490 e. The normalized spacial score (nSPS) is 11.8.